The normalized spacial score (nSPS) is 17.4. The van der Waals surface area contributed by atoms with Gasteiger partial charge in [0.1, 0.15) is 11.5 Å². The molecular weight excluding hydrogens is 416 g/mol. The summed E-state index contributed by atoms with van der Waals surface area (Å²) in [6.45, 7) is 2.96. The Kier molecular flexibility index (Phi) is 6.83. The zero-order chi connectivity index (χ0) is 23.2. The molecule has 1 fully saturated rings. The predicted octanol–water partition coefficient (Wildman–Crippen LogP) is 4.53. The molecule has 1 saturated heterocycles. The number of rotatable bonds is 8. The minimum Gasteiger partial charge on any atom is -0.507 e. The van der Waals surface area contributed by atoms with E-state index in [-0.39, 0.29) is 11.3 Å². The van der Waals surface area contributed by atoms with E-state index in [4.69, 9.17) is 4.74 Å². The molecule has 2 heterocycles. The maximum absolute atomic E-state index is 13.1. The first-order valence-corrected chi connectivity index (χ1v) is 11.1. The van der Waals surface area contributed by atoms with Crippen molar-refractivity contribution in [2.75, 3.05) is 13.2 Å². The number of carbonyl (C=O) groups is 2. The third-order valence-corrected chi connectivity index (χ3v) is 5.62. The molecule has 0 aliphatic carbocycles. The number of aliphatic hydroxyl groups is 1. The minimum absolute atomic E-state index is 0.0725. The monoisotopic (exact) mass is 442 g/mol. The van der Waals surface area contributed by atoms with E-state index < -0.39 is 17.7 Å². The fourth-order valence-electron chi connectivity index (χ4n) is 3.97. The molecule has 6 heteroatoms. The van der Waals surface area contributed by atoms with Crippen LogP contribution < -0.4 is 4.74 Å². The number of ether oxygens (including phenoxy) is 1. The van der Waals surface area contributed by atoms with Gasteiger partial charge in [-0.25, -0.2) is 0 Å². The van der Waals surface area contributed by atoms with Crippen LogP contribution in [0.2, 0.25) is 0 Å². The van der Waals surface area contributed by atoms with Gasteiger partial charge in [0.05, 0.1) is 18.2 Å². The number of aliphatic hydroxyl groups excluding tert-OH is 1. The highest BCUT2D eigenvalue weighted by molar-refractivity contribution is 6.46. The van der Waals surface area contributed by atoms with Crippen LogP contribution >= 0.6 is 0 Å². The highest BCUT2D eigenvalue weighted by Gasteiger charge is 2.45. The van der Waals surface area contributed by atoms with E-state index in [1.54, 1.807) is 42.7 Å². The van der Waals surface area contributed by atoms with Crippen molar-refractivity contribution in [2.24, 2.45) is 0 Å². The molecule has 1 aromatic heterocycles. The molecule has 0 radical (unpaired) electrons. The number of nitrogens with zero attached hydrogens (tertiary/aromatic N) is 2. The van der Waals surface area contributed by atoms with Gasteiger partial charge in [-0.05, 0) is 54.3 Å². The number of aromatic nitrogens is 1. The molecule has 168 valence electrons. The number of hydrogen-bond acceptors (Lipinski definition) is 5. The lowest BCUT2D eigenvalue weighted by Crippen LogP contribution is -2.31. The summed E-state index contributed by atoms with van der Waals surface area (Å²) in [7, 11) is 0. The molecule has 3 aromatic rings. The topological polar surface area (TPSA) is 79.7 Å². The lowest BCUT2D eigenvalue weighted by Gasteiger charge is -2.25. The smallest absolute Gasteiger partial charge is 0.295 e. The number of Topliss-reactive ketones (excluding diaryl/α,β-unsaturated/α-hetero) is 1. The van der Waals surface area contributed by atoms with Gasteiger partial charge in [0.2, 0.25) is 0 Å². The van der Waals surface area contributed by atoms with Crippen molar-refractivity contribution < 1.29 is 19.4 Å². The van der Waals surface area contributed by atoms with Crippen molar-refractivity contribution in [1.29, 1.82) is 0 Å². The van der Waals surface area contributed by atoms with Crippen LogP contribution in [0.15, 0.2) is 84.7 Å². The van der Waals surface area contributed by atoms with Gasteiger partial charge in [-0.3, -0.25) is 14.6 Å². The maximum Gasteiger partial charge on any atom is 0.295 e. The molecule has 2 aromatic carbocycles. The summed E-state index contributed by atoms with van der Waals surface area (Å²) in [5, 5.41) is 11.1. The van der Waals surface area contributed by atoms with E-state index in [2.05, 4.69) is 4.98 Å². The minimum atomic E-state index is -0.710. The van der Waals surface area contributed by atoms with Gasteiger partial charge in [-0.1, -0.05) is 43.3 Å². The van der Waals surface area contributed by atoms with Crippen molar-refractivity contribution in [3.05, 3.63) is 101 Å². The quantitative estimate of drug-likeness (QED) is 0.315. The molecular formula is C27H26N2O4. The molecule has 0 spiro atoms. The number of likely N-dealkylation sites (tertiary alicyclic amines) is 1. The number of carbonyl (C=O) groups excluding carboxylic acids is 2. The van der Waals surface area contributed by atoms with Crippen molar-refractivity contribution >= 4 is 17.4 Å². The van der Waals surface area contributed by atoms with Gasteiger partial charge in [-0.15, -0.1) is 0 Å². The van der Waals surface area contributed by atoms with Crippen LogP contribution in [0.4, 0.5) is 0 Å². The Hall–Kier alpha value is -3.93. The molecule has 6 nitrogen and oxygen atoms in total. The molecule has 1 aliphatic rings. The van der Waals surface area contributed by atoms with E-state index in [0.29, 0.717) is 36.4 Å². The summed E-state index contributed by atoms with van der Waals surface area (Å²) in [4.78, 5) is 31.8. The Morgan fingerprint density at radius 2 is 1.79 bits per heavy atom. The number of pyridine rings is 1. The lowest BCUT2D eigenvalue weighted by atomic mass is 9.96. The second-order valence-corrected chi connectivity index (χ2v) is 7.89. The van der Waals surface area contributed by atoms with E-state index in [1.165, 1.54) is 4.90 Å². The number of hydrogen-bond donors (Lipinski definition) is 1. The summed E-state index contributed by atoms with van der Waals surface area (Å²) < 4.78 is 5.60. The average molecular weight is 443 g/mol. The standard InChI is InChI=1S/C27H26N2O4/c1-2-17-33-22-12-10-20(11-13-22)25(30)23-24(21-9-6-15-28-18-21)29(27(32)26(23)31)16-14-19-7-4-3-5-8-19/h3-13,15,18,24,30H,2,14,16-17H2,1H3. The Labute approximate surface area is 193 Å². The van der Waals surface area contributed by atoms with Gasteiger partial charge in [0.25, 0.3) is 11.7 Å². The van der Waals surface area contributed by atoms with E-state index in [0.717, 1.165) is 12.0 Å². The molecule has 0 bridgehead atoms. The van der Waals surface area contributed by atoms with Gasteiger partial charge < -0.3 is 14.7 Å². The zero-order valence-corrected chi connectivity index (χ0v) is 18.5. The summed E-state index contributed by atoms with van der Waals surface area (Å²) in [5.74, 6) is -0.836. The molecule has 1 amide bonds. The molecule has 1 N–H and O–H groups in total. The van der Waals surface area contributed by atoms with E-state index >= 15 is 0 Å². The Bertz CT molecular complexity index is 1140. The third kappa shape index (κ3) is 4.80. The first kappa shape index (κ1) is 22.3. The molecule has 4 rings (SSSR count). The molecule has 1 unspecified atom stereocenters. The first-order chi connectivity index (χ1) is 16.1. The van der Waals surface area contributed by atoms with E-state index in [9.17, 15) is 14.7 Å². The van der Waals surface area contributed by atoms with E-state index in [1.807, 2.05) is 43.3 Å². The second-order valence-electron chi connectivity index (χ2n) is 7.89. The van der Waals surface area contributed by atoms with Gasteiger partial charge in [0, 0.05) is 24.5 Å². The average Bonchev–Trinajstić information content (AvgIpc) is 3.12. The zero-order valence-electron chi connectivity index (χ0n) is 18.5. The summed E-state index contributed by atoms with van der Waals surface area (Å²) in [5.41, 5.74) is 2.26. The van der Waals surface area contributed by atoms with Crippen LogP contribution in [0.1, 0.15) is 36.1 Å². The first-order valence-electron chi connectivity index (χ1n) is 11.1. The van der Waals surface area contributed by atoms with Crippen LogP contribution in [0.3, 0.4) is 0 Å². The van der Waals surface area contributed by atoms with Crippen LogP contribution in [0.25, 0.3) is 5.76 Å². The van der Waals surface area contributed by atoms with Crippen molar-refractivity contribution in [2.45, 2.75) is 25.8 Å². The Morgan fingerprint density at radius 1 is 1.03 bits per heavy atom. The number of amides is 1. The van der Waals surface area contributed by atoms with Crippen LogP contribution in [0, 0.1) is 0 Å². The third-order valence-electron chi connectivity index (χ3n) is 5.62. The molecule has 1 aliphatic heterocycles. The van der Waals surface area contributed by atoms with Gasteiger partial charge in [-0.2, -0.15) is 0 Å². The molecule has 0 saturated carbocycles. The van der Waals surface area contributed by atoms with Gasteiger partial charge in [0.15, 0.2) is 0 Å². The van der Waals surface area contributed by atoms with Crippen molar-refractivity contribution in [3.63, 3.8) is 0 Å². The number of benzene rings is 2. The Balaban J connectivity index is 1.70. The fraction of sp³-hybridized carbons (Fsp3) is 0.222. The highest BCUT2D eigenvalue weighted by atomic mass is 16.5. The summed E-state index contributed by atoms with van der Waals surface area (Å²) in [6, 6.07) is 19.5. The SMILES string of the molecule is CCCOc1ccc(C(O)=C2C(=O)C(=O)N(CCc3ccccc3)C2c2cccnc2)cc1. The second kappa shape index (κ2) is 10.1. The van der Waals surface area contributed by atoms with Crippen molar-refractivity contribution in [3.8, 4) is 5.75 Å². The maximum atomic E-state index is 13.1. The fourth-order valence-corrected chi connectivity index (χ4v) is 3.97. The lowest BCUT2D eigenvalue weighted by molar-refractivity contribution is -0.139. The molecule has 33 heavy (non-hydrogen) atoms. The molecule has 1 atom stereocenters. The summed E-state index contributed by atoms with van der Waals surface area (Å²) >= 11 is 0. The number of ketones is 1. The highest BCUT2D eigenvalue weighted by Crippen LogP contribution is 2.39. The van der Waals surface area contributed by atoms with Crippen LogP contribution in [-0.4, -0.2) is 39.8 Å². The van der Waals surface area contributed by atoms with Crippen molar-refractivity contribution in [1.82, 2.24) is 9.88 Å². The van der Waals surface area contributed by atoms with Crippen LogP contribution in [0.5, 0.6) is 5.75 Å². The van der Waals surface area contributed by atoms with Crippen LogP contribution in [-0.2, 0) is 16.0 Å². The predicted molar refractivity (Wildman–Crippen MR) is 126 cm³/mol. The largest absolute Gasteiger partial charge is 0.507 e. The summed E-state index contributed by atoms with van der Waals surface area (Å²) in [6.07, 6.45) is 4.74. The Morgan fingerprint density at radius 3 is 2.45 bits per heavy atom. The van der Waals surface area contributed by atoms with Gasteiger partial charge >= 0.3 is 0 Å².